The molecule has 0 fully saturated rings. The number of hydrogen-bond acceptors (Lipinski definition) is 4. The molecule has 1 rings (SSSR count). The molecular weight excluding hydrogens is 236 g/mol. The third-order valence-electron chi connectivity index (χ3n) is 1.91. The summed E-state index contributed by atoms with van der Waals surface area (Å²) in [5.74, 6) is 0.180. The lowest BCUT2D eigenvalue weighted by atomic mass is 10.3. The SMILES string of the molecule is CCOC(=O)CNC(=O)NCOc1ccccc1. The van der Waals surface area contributed by atoms with E-state index in [1.165, 1.54) is 0 Å². The van der Waals surface area contributed by atoms with E-state index < -0.39 is 12.0 Å². The van der Waals surface area contributed by atoms with Crippen molar-refractivity contribution in [3.05, 3.63) is 30.3 Å². The molecule has 0 heterocycles. The van der Waals surface area contributed by atoms with Crippen molar-refractivity contribution in [2.75, 3.05) is 19.9 Å². The van der Waals surface area contributed by atoms with E-state index in [4.69, 9.17) is 4.74 Å². The molecule has 0 aromatic heterocycles. The zero-order chi connectivity index (χ0) is 13.2. The monoisotopic (exact) mass is 252 g/mol. The molecule has 0 aliphatic rings. The lowest BCUT2D eigenvalue weighted by molar-refractivity contribution is -0.141. The van der Waals surface area contributed by atoms with Crippen LogP contribution in [0.5, 0.6) is 5.75 Å². The van der Waals surface area contributed by atoms with Crippen LogP contribution in [0.1, 0.15) is 6.92 Å². The smallest absolute Gasteiger partial charge is 0.325 e. The van der Waals surface area contributed by atoms with Crippen molar-refractivity contribution < 1.29 is 19.1 Å². The molecule has 18 heavy (non-hydrogen) atoms. The largest absolute Gasteiger partial charge is 0.473 e. The molecule has 0 bridgehead atoms. The molecular formula is C12H16N2O4. The fraction of sp³-hybridized carbons (Fsp3) is 0.333. The van der Waals surface area contributed by atoms with Crippen LogP contribution in [0.15, 0.2) is 30.3 Å². The number of para-hydroxylation sites is 1. The molecule has 2 N–H and O–H groups in total. The molecule has 0 unspecified atom stereocenters. The summed E-state index contributed by atoms with van der Waals surface area (Å²) in [6.07, 6.45) is 0. The van der Waals surface area contributed by atoms with E-state index in [-0.39, 0.29) is 13.3 Å². The predicted octanol–water partition coefficient (Wildman–Crippen LogP) is 0.885. The Morgan fingerprint density at radius 2 is 1.89 bits per heavy atom. The summed E-state index contributed by atoms with van der Waals surface area (Å²) in [6.45, 7) is 1.86. The Balaban J connectivity index is 2.12. The molecule has 0 aliphatic heterocycles. The molecule has 6 heteroatoms. The highest BCUT2D eigenvalue weighted by Crippen LogP contribution is 2.06. The van der Waals surface area contributed by atoms with Gasteiger partial charge in [0.05, 0.1) is 6.61 Å². The van der Waals surface area contributed by atoms with Gasteiger partial charge in [-0.2, -0.15) is 0 Å². The van der Waals surface area contributed by atoms with Gasteiger partial charge in [-0.1, -0.05) is 18.2 Å². The fourth-order valence-corrected chi connectivity index (χ4v) is 1.13. The predicted molar refractivity (Wildman–Crippen MR) is 65.1 cm³/mol. The number of urea groups is 1. The van der Waals surface area contributed by atoms with Crippen LogP contribution >= 0.6 is 0 Å². The van der Waals surface area contributed by atoms with Crippen molar-refractivity contribution in [1.82, 2.24) is 10.6 Å². The summed E-state index contributed by atoms with van der Waals surface area (Å²) in [5.41, 5.74) is 0. The number of esters is 1. The van der Waals surface area contributed by atoms with Crippen LogP contribution in [-0.4, -0.2) is 31.9 Å². The lowest BCUT2D eigenvalue weighted by Gasteiger charge is -2.08. The van der Waals surface area contributed by atoms with Gasteiger partial charge in [-0.3, -0.25) is 4.79 Å². The number of amides is 2. The minimum Gasteiger partial charge on any atom is -0.473 e. The van der Waals surface area contributed by atoms with Gasteiger partial charge in [-0.25, -0.2) is 4.79 Å². The van der Waals surface area contributed by atoms with Gasteiger partial charge in [0.25, 0.3) is 0 Å². The highest BCUT2D eigenvalue weighted by molar-refractivity contribution is 5.80. The third kappa shape index (κ3) is 5.74. The molecule has 1 aromatic rings. The minimum absolute atomic E-state index is 0.0265. The maximum atomic E-state index is 11.2. The van der Waals surface area contributed by atoms with Crippen molar-refractivity contribution in [1.29, 1.82) is 0 Å². The van der Waals surface area contributed by atoms with E-state index in [9.17, 15) is 9.59 Å². The molecule has 0 radical (unpaired) electrons. The Labute approximate surface area is 105 Å². The molecule has 0 saturated heterocycles. The Hall–Kier alpha value is -2.24. The second kappa shape index (κ2) is 7.94. The average Bonchev–Trinajstić information content (AvgIpc) is 2.38. The number of rotatable bonds is 6. The summed E-state index contributed by atoms with van der Waals surface area (Å²) in [5, 5.41) is 4.80. The Bertz CT molecular complexity index is 381. The molecule has 1 aromatic carbocycles. The second-order valence-electron chi connectivity index (χ2n) is 3.27. The summed E-state index contributed by atoms with van der Waals surface area (Å²) in [4.78, 5) is 22.2. The quantitative estimate of drug-likeness (QED) is 0.582. The van der Waals surface area contributed by atoms with Crippen LogP contribution in [0.3, 0.4) is 0 Å². The van der Waals surface area contributed by atoms with Gasteiger partial charge in [0.1, 0.15) is 12.3 Å². The van der Waals surface area contributed by atoms with E-state index in [2.05, 4.69) is 15.4 Å². The van der Waals surface area contributed by atoms with Crippen LogP contribution in [-0.2, 0) is 9.53 Å². The number of benzene rings is 1. The first-order valence-electron chi connectivity index (χ1n) is 5.57. The minimum atomic E-state index is -0.487. The van der Waals surface area contributed by atoms with Gasteiger partial charge in [0.2, 0.25) is 0 Å². The van der Waals surface area contributed by atoms with E-state index in [0.717, 1.165) is 0 Å². The van der Waals surface area contributed by atoms with Crippen molar-refractivity contribution in [3.63, 3.8) is 0 Å². The number of hydrogen-bond donors (Lipinski definition) is 2. The maximum absolute atomic E-state index is 11.2. The highest BCUT2D eigenvalue weighted by Gasteiger charge is 2.04. The van der Waals surface area contributed by atoms with E-state index in [1.54, 1.807) is 19.1 Å². The van der Waals surface area contributed by atoms with Crippen molar-refractivity contribution >= 4 is 12.0 Å². The first-order valence-corrected chi connectivity index (χ1v) is 5.57. The van der Waals surface area contributed by atoms with Gasteiger partial charge in [0.15, 0.2) is 6.73 Å². The standard InChI is InChI=1S/C12H16N2O4/c1-2-17-11(15)8-13-12(16)14-9-18-10-6-4-3-5-7-10/h3-7H,2,8-9H2,1H3,(H2,13,14,16). The maximum Gasteiger partial charge on any atom is 0.325 e. The third-order valence-corrected chi connectivity index (χ3v) is 1.91. The number of carbonyl (C=O) groups is 2. The Kier molecular flexibility index (Phi) is 6.10. The van der Waals surface area contributed by atoms with Gasteiger partial charge >= 0.3 is 12.0 Å². The summed E-state index contributed by atoms with van der Waals surface area (Å²) < 4.78 is 9.90. The molecule has 6 nitrogen and oxygen atoms in total. The van der Waals surface area contributed by atoms with Gasteiger partial charge in [-0.05, 0) is 19.1 Å². The van der Waals surface area contributed by atoms with Crippen LogP contribution in [0, 0.1) is 0 Å². The van der Waals surface area contributed by atoms with E-state index in [0.29, 0.717) is 12.4 Å². The summed E-state index contributed by atoms with van der Waals surface area (Å²) in [7, 11) is 0. The number of nitrogens with one attached hydrogen (secondary N) is 2. The topological polar surface area (TPSA) is 76.7 Å². The zero-order valence-corrected chi connectivity index (χ0v) is 10.1. The second-order valence-corrected chi connectivity index (χ2v) is 3.27. The molecule has 0 aliphatic carbocycles. The average molecular weight is 252 g/mol. The number of carbonyl (C=O) groups excluding carboxylic acids is 2. The van der Waals surface area contributed by atoms with Gasteiger partial charge < -0.3 is 20.1 Å². The Morgan fingerprint density at radius 3 is 2.56 bits per heavy atom. The fourth-order valence-electron chi connectivity index (χ4n) is 1.13. The van der Waals surface area contributed by atoms with Crippen molar-refractivity contribution in [2.24, 2.45) is 0 Å². The van der Waals surface area contributed by atoms with E-state index in [1.807, 2.05) is 18.2 Å². The van der Waals surface area contributed by atoms with Crippen molar-refractivity contribution in [3.8, 4) is 5.75 Å². The van der Waals surface area contributed by atoms with Crippen LogP contribution in [0.2, 0.25) is 0 Å². The Morgan fingerprint density at radius 1 is 1.17 bits per heavy atom. The normalized spacial score (nSPS) is 9.39. The zero-order valence-electron chi connectivity index (χ0n) is 10.1. The van der Waals surface area contributed by atoms with Crippen LogP contribution in [0.4, 0.5) is 4.79 Å². The number of ether oxygens (including phenoxy) is 2. The molecule has 98 valence electrons. The van der Waals surface area contributed by atoms with Crippen LogP contribution in [0.25, 0.3) is 0 Å². The van der Waals surface area contributed by atoms with Gasteiger partial charge in [-0.15, -0.1) is 0 Å². The van der Waals surface area contributed by atoms with Crippen molar-refractivity contribution in [2.45, 2.75) is 6.92 Å². The summed E-state index contributed by atoms with van der Waals surface area (Å²) >= 11 is 0. The first kappa shape index (κ1) is 13.8. The lowest BCUT2D eigenvalue weighted by Crippen LogP contribution is -2.40. The summed E-state index contributed by atoms with van der Waals surface area (Å²) in [6, 6.07) is 8.59. The molecule has 0 atom stereocenters. The molecule has 2 amide bonds. The highest BCUT2D eigenvalue weighted by atomic mass is 16.5. The first-order chi connectivity index (χ1) is 8.72. The van der Waals surface area contributed by atoms with E-state index >= 15 is 0 Å². The molecule has 0 saturated carbocycles. The van der Waals surface area contributed by atoms with Gasteiger partial charge in [0, 0.05) is 0 Å². The molecule has 0 spiro atoms. The van der Waals surface area contributed by atoms with Crippen LogP contribution < -0.4 is 15.4 Å².